The molecule has 5 heteroatoms. The Labute approximate surface area is 129 Å². The summed E-state index contributed by atoms with van der Waals surface area (Å²) in [7, 11) is 0. The number of likely N-dealkylation sites (tertiary alicyclic amines) is 1. The fourth-order valence-corrected chi connectivity index (χ4v) is 3.70. The summed E-state index contributed by atoms with van der Waals surface area (Å²) in [5, 5.41) is 8.95. The molecule has 4 nitrogen and oxygen atoms in total. The minimum absolute atomic E-state index is 0.0259. The number of carbonyl (C=O) groups is 2. The summed E-state index contributed by atoms with van der Waals surface area (Å²) in [4.78, 5) is 26.0. The Morgan fingerprint density at radius 3 is 2.43 bits per heavy atom. The molecular formula is C16H23NO3S. The summed E-state index contributed by atoms with van der Waals surface area (Å²) in [5.41, 5.74) is 0.276. The Morgan fingerprint density at radius 1 is 1.19 bits per heavy atom. The standard InChI is InChI=1S/C16H23NO3S/c1-16(2,3)11-5-4-9-17(10-8-11)14(18)12-6-7-13(21-12)15(19)20/h6-7,11H,4-5,8-10H2,1-3H3,(H,19,20). The summed E-state index contributed by atoms with van der Waals surface area (Å²) in [6.07, 6.45) is 3.19. The molecule has 1 aliphatic rings. The number of carbonyl (C=O) groups excluding carboxylic acids is 1. The van der Waals surface area contributed by atoms with Gasteiger partial charge in [0.15, 0.2) is 0 Å². The van der Waals surface area contributed by atoms with Gasteiger partial charge in [0.2, 0.25) is 0 Å². The van der Waals surface area contributed by atoms with Crippen LogP contribution in [0.25, 0.3) is 0 Å². The molecule has 1 aromatic heterocycles. The van der Waals surface area contributed by atoms with Crippen molar-refractivity contribution in [1.82, 2.24) is 4.90 Å². The molecule has 1 saturated heterocycles. The lowest BCUT2D eigenvalue weighted by Gasteiger charge is -2.29. The van der Waals surface area contributed by atoms with Crippen molar-refractivity contribution in [1.29, 1.82) is 0 Å². The highest BCUT2D eigenvalue weighted by molar-refractivity contribution is 7.15. The Bertz CT molecular complexity index is 530. The number of carboxylic acid groups (broad SMARTS) is 1. The number of thiophene rings is 1. The van der Waals surface area contributed by atoms with E-state index in [0.29, 0.717) is 10.8 Å². The highest BCUT2D eigenvalue weighted by Crippen LogP contribution is 2.34. The van der Waals surface area contributed by atoms with Gasteiger partial charge in [-0.05, 0) is 42.7 Å². The van der Waals surface area contributed by atoms with Gasteiger partial charge in [0.05, 0.1) is 4.88 Å². The fourth-order valence-electron chi connectivity index (χ4n) is 2.89. The van der Waals surface area contributed by atoms with Crippen LogP contribution in [0.5, 0.6) is 0 Å². The average molecular weight is 309 g/mol. The molecule has 21 heavy (non-hydrogen) atoms. The number of carboxylic acids is 1. The van der Waals surface area contributed by atoms with Gasteiger partial charge in [0.25, 0.3) is 5.91 Å². The molecule has 0 aliphatic carbocycles. The molecule has 0 aromatic carbocycles. The van der Waals surface area contributed by atoms with Crippen LogP contribution in [0.2, 0.25) is 0 Å². The Morgan fingerprint density at radius 2 is 1.86 bits per heavy atom. The lowest BCUT2D eigenvalue weighted by atomic mass is 9.77. The largest absolute Gasteiger partial charge is 0.477 e. The molecule has 2 heterocycles. The first-order valence-electron chi connectivity index (χ1n) is 7.41. The first-order valence-corrected chi connectivity index (χ1v) is 8.23. The average Bonchev–Trinajstić information content (AvgIpc) is 2.74. The fraction of sp³-hybridized carbons (Fsp3) is 0.625. The van der Waals surface area contributed by atoms with Crippen LogP contribution in [0.15, 0.2) is 12.1 Å². The van der Waals surface area contributed by atoms with Crippen LogP contribution in [-0.2, 0) is 0 Å². The highest BCUT2D eigenvalue weighted by Gasteiger charge is 2.29. The normalized spacial score (nSPS) is 20.1. The molecule has 116 valence electrons. The SMILES string of the molecule is CC(C)(C)C1CCCN(C(=O)c2ccc(C(=O)O)s2)CC1. The van der Waals surface area contributed by atoms with Gasteiger partial charge in [-0.3, -0.25) is 4.79 Å². The van der Waals surface area contributed by atoms with Crippen LogP contribution >= 0.6 is 11.3 Å². The first-order chi connectivity index (χ1) is 9.79. The van der Waals surface area contributed by atoms with E-state index in [1.807, 2.05) is 4.90 Å². The second-order valence-corrected chi connectivity index (χ2v) is 7.84. The first kappa shape index (κ1) is 16.0. The molecule has 0 bridgehead atoms. The zero-order valence-corrected chi connectivity index (χ0v) is 13.7. The lowest BCUT2D eigenvalue weighted by molar-refractivity contribution is 0.0701. The molecule has 1 N–H and O–H groups in total. The van der Waals surface area contributed by atoms with Gasteiger partial charge in [-0.2, -0.15) is 0 Å². The molecule has 0 saturated carbocycles. The van der Waals surface area contributed by atoms with E-state index >= 15 is 0 Å². The molecule has 1 unspecified atom stereocenters. The van der Waals surface area contributed by atoms with Gasteiger partial charge in [-0.1, -0.05) is 20.8 Å². The molecule has 2 rings (SSSR count). The third kappa shape index (κ3) is 3.84. The maximum absolute atomic E-state index is 12.5. The van der Waals surface area contributed by atoms with Crippen LogP contribution in [0.4, 0.5) is 0 Å². The van der Waals surface area contributed by atoms with Crippen molar-refractivity contribution < 1.29 is 14.7 Å². The summed E-state index contributed by atoms with van der Waals surface area (Å²) in [5.74, 6) is -0.363. The van der Waals surface area contributed by atoms with Crippen molar-refractivity contribution in [3.8, 4) is 0 Å². The third-order valence-corrected chi connectivity index (χ3v) is 5.33. The maximum Gasteiger partial charge on any atom is 0.345 e. The van der Waals surface area contributed by atoms with Crippen LogP contribution < -0.4 is 0 Å². The predicted octanol–water partition coefficient (Wildman–Crippen LogP) is 3.73. The van der Waals surface area contributed by atoms with Gasteiger partial charge in [0.1, 0.15) is 4.88 Å². The number of rotatable bonds is 2. The molecule has 1 aliphatic heterocycles. The van der Waals surface area contributed by atoms with Crippen molar-refractivity contribution in [2.75, 3.05) is 13.1 Å². The van der Waals surface area contributed by atoms with Crippen molar-refractivity contribution in [2.45, 2.75) is 40.0 Å². The summed E-state index contributed by atoms with van der Waals surface area (Å²) in [6.45, 7) is 8.31. The third-order valence-electron chi connectivity index (χ3n) is 4.27. The number of nitrogens with zero attached hydrogens (tertiary/aromatic N) is 1. The Balaban J connectivity index is 2.04. The van der Waals surface area contributed by atoms with Gasteiger partial charge in [0, 0.05) is 13.1 Å². The smallest absolute Gasteiger partial charge is 0.345 e. The van der Waals surface area contributed by atoms with Crippen LogP contribution in [0.3, 0.4) is 0 Å². The van der Waals surface area contributed by atoms with E-state index in [9.17, 15) is 9.59 Å². The molecule has 0 radical (unpaired) electrons. The van der Waals surface area contributed by atoms with E-state index < -0.39 is 5.97 Å². The van der Waals surface area contributed by atoms with E-state index in [1.54, 1.807) is 6.07 Å². The van der Waals surface area contributed by atoms with Crippen molar-refractivity contribution in [2.24, 2.45) is 11.3 Å². The zero-order valence-electron chi connectivity index (χ0n) is 12.9. The molecule has 1 atom stereocenters. The van der Waals surface area contributed by atoms with Gasteiger partial charge < -0.3 is 10.0 Å². The second-order valence-electron chi connectivity index (χ2n) is 6.76. The quantitative estimate of drug-likeness (QED) is 0.905. The topological polar surface area (TPSA) is 57.6 Å². The molecule has 1 amide bonds. The molecule has 1 fully saturated rings. The maximum atomic E-state index is 12.5. The Hall–Kier alpha value is -1.36. The zero-order chi connectivity index (χ0) is 15.6. The van der Waals surface area contributed by atoms with Gasteiger partial charge in [-0.25, -0.2) is 4.79 Å². The van der Waals surface area contributed by atoms with Gasteiger partial charge >= 0.3 is 5.97 Å². The van der Waals surface area contributed by atoms with Crippen LogP contribution in [-0.4, -0.2) is 35.0 Å². The number of aromatic carboxylic acids is 1. The van der Waals surface area contributed by atoms with Gasteiger partial charge in [-0.15, -0.1) is 11.3 Å². The second kappa shape index (κ2) is 6.18. The van der Waals surface area contributed by atoms with E-state index in [1.165, 1.54) is 6.07 Å². The predicted molar refractivity (Wildman–Crippen MR) is 84.0 cm³/mol. The monoisotopic (exact) mass is 309 g/mol. The van der Waals surface area contributed by atoms with E-state index in [4.69, 9.17) is 5.11 Å². The summed E-state index contributed by atoms with van der Waals surface area (Å²) < 4.78 is 0. The van der Waals surface area contributed by atoms with E-state index in [0.717, 1.165) is 43.7 Å². The number of hydrogen-bond donors (Lipinski definition) is 1. The highest BCUT2D eigenvalue weighted by atomic mass is 32.1. The Kier molecular flexibility index (Phi) is 4.71. The summed E-state index contributed by atoms with van der Waals surface area (Å²) >= 11 is 1.07. The van der Waals surface area contributed by atoms with Crippen LogP contribution in [0, 0.1) is 11.3 Å². The molecule has 1 aromatic rings. The number of hydrogen-bond acceptors (Lipinski definition) is 3. The molecular weight excluding hydrogens is 286 g/mol. The van der Waals surface area contributed by atoms with E-state index in [2.05, 4.69) is 20.8 Å². The minimum Gasteiger partial charge on any atom is -0.477 e. The van der Waals surface area contributed by atoms with Crippen LogP contribution in [0.1, 0.15) is 59.4 Å². The van der Waals surface area contributed by atoms with Crippen molar-refractivity contribution in [3.63, 3.8) is 0 Å². The minimum atomic E-state index is -0.970. The molecule has 0 spiro atoms. The summed E-state index contributed by atoms with van der Waals surface area (Å²) in [6, 6.07) is 3.14. The van der Waals surface area contributed by atoms with Crippen molar-refractivity contribution >= 4 is 23.2 Å². The lowest BCUT2D eigenvalue weighted by Crippen LogP contribution is -2.32. The van der Waals surface area contributed by atoms with E-state index in [-0.39, 0.29) is 16.2 Å². The van der Waals surface area contributed by atoms with Crippen molar-refractivity contribution in [3.05, 3.63) is 21.9 Å². The number of amides is 1.